The largest absolute Gasteiger partial charge is 0.0625 e. The van der Waals surface area contributed by atoms with Gasteiger partial charge in [0.25, 0.3) is 0 Å². The van der Waals surface area contributed by atoms with Crippen LogP contribution in [0.3, 0.4) is 0 Å². The maximum absolute atomic E-state index is 2.63. The lowest BCUT2D eigenvalue weighted by atomic mass is 9.61. The van der Waals surface area contributed by atoms with Crippen molar-refractivity contribution in [3.8, 4) is 0 Å². The Labute approximate surface area is 93.8 Å². The molecule has 0 radical (unpaired) electrons. The zero-order chi connectivity index (χ0) is 10.6. The molecule has 5 saturated carbocycles. The lowest BCUT2D eigenvalue weighted by Gasteiger charge is -2.44. The smallest absolute Gasteiger partial charge is 0.0204 e. The van der Waals surface area contributed by atoms with Crippen LogP contribution in [-0.4, -0.2) is 0 Å². The molecular weight excluding hydrogens is 180 g/mol. The van der Waals surface area contributed by atoms with Crippen LogP contribution < -0.4 is 0 Å². The molecule has 5 aliphatic carbocycles. The van der Waals surface area contributed by atoms with Gasteiger partial charge in [0, 0.05) is 0 Å². The van der Waals surface area contributed by atoms with Gasteiger partial charge in [-0.25, -0.2) is 0 Å². The molecule has 0 aromatic heterocycles. The van der Waals surface area contributed by atoms with E-state index in [0.29, 0.717) is 0 Å². The average Bonchev–Trinajstić information content (AvgIpc) is 2.49. The molecule has 0 spiro atoms. The van der Waals surface area contributed by atoms with Crippen molar-refractivity contribution in [3.63, 3.8) is 0 Å². The fourth-order valence-corrected chi connectivity index (χ4v) is 6.72. The highest BCUT2D eigenvalue weighted by atomic mass is 14.9. The SMILES string of the molecule is CC(C)C1CC[C@@]2(C)[C@H]3C[C@@H]4[C@H](C13)[C@@]42C. The van der Waals surface area contributed by atoms with E-state index in [1.165, 1.54) is 6.42 Å². The van der Waals surface area contributed by atoms with E-state index in [-0.39, 0.29) is 0 Å². The molecule has 0 nitrogen and oxygen atoms in total. The van der Waals surface area contributed by atoms with Gasteiger partial charge in [-0.1, -0.05) is 27.7 Å². The molecule has 0 aliphatic heterocycles. The summed E-state index contributed by atoms with van der Waals surface area (Å²) in [5.74, 6) is 6.57. The molecule has 0 N–H and O–H groups in total. The van der Waals surface area contributed by atoms with E-state index in [1.807, 2.05) is 0 Å². The Morgan fingerprint density at radius 3 is 2.47 bits per heavy atom. The van der Waals surface area contributed by atoms with Crippen LogP contribution in [0.25, 0.3) is 0 Å². The van der Waals surface area contributed by atoms with Gasteiger partial charge in [0.15, 0.2) is 0 Å². The van der Waals surface area contributed by atoms with Crippen LogP contribution in [0, 0.1) is 46.3 Å². The second-order valence-corrected chi connectivity index (χ2v) is 7.70. The van der Waals surface area contributed by atoms with Crippen molar-refractivity contribution in [2.24, 2.45) is 46.3 Å². The van der Waals surface area contributed by atoms with Gasteiger partial charge in [-0.05, 0) is 65.6 Å². The topological polar surface area (TPSA) is 0 Å². The molecule has 7 atom stereocenters. The van der Waals surface area contributed by atoms with Crippen molar-refractivity contribution in [3.05, 3.63) is 0 Å². The van der Waals surface area contributed by atoms with Crippen molar-refractivity contribution >= 4 is 0 Å². The van der Waals surface area contributed by atoms with Crippen LogP contribution in [0.4, 0.5) is 0 Å². The second kappa shape index (κ2) is 2.17. The zero-order valence-electron chi connectivity index (χ0n) is 10.6. The second-order valence-electron chi connectivity index (χ2n) is 7.70. The van der Waals surface area contributed by atoms with Crippen LogP contribution in [0.2, 0.25) is 0 Å². The Balaban J connectivity index is 1.80. The monoisotopic (exact) mass is 204 g/mol. The standard InChI is InChI=1S/C15H24/c1-8(2)9-5-6-14(3)10-7-11-13(12(9)10)15(11,14)4/h8-13H,5-7H2,1-4H3/t9?,10-,11+,12?,13+,14-,15+/m0/s1. The van der Waals surface area contributed by atoms with E-state index in [1.54, 1.807) is 12.8 Å². The first-order valence-corrected chi connectivity index (χ1v) is 7.02. The van der Waals surface area contributed by atoms with Gasteiger partial charge in [0.05, 0.1) is 0 Å². The minimum absolute atomic E-state index is 0.762. The molecule has 84 valence electrons. The molecule has 0 heterocycles. The molecule has 0 aromatic carbocycles. The number of hydrogen-bond acceptors (Lipinski definition) is 0. The van der Waals surface area contributed by atoms with E-state index in [0.717, 1.165) is 46.3 Å². The summed E-state index contributed by atoms with van der Waals surface area (Å²) in [6.07, 6.45) is 4.68. The summed E-state index contributed by atoms with van der Waals surface area (Å²) in [4.78, 5) is 0. The van der Waals surface area contributed by atoms with Crippen LogP contribution >= 0.6 is 0 Å². The van der Waals surface area contributed by atoms with Crippen LogP contribution in [0.1, 0.15) is 47.0 Å². The van der Waals surface area contributed by atoms with Gasteiger partial charge < -0.3 is 0 Å². The Hall–Kier alpha value is 0. The van der Waals surface area contributed by atoms with E-state index in [9.17, 15) is 0 Å². The van der Waals surface area contributed by atoms with Crippen molar-refractivity contribution in [1.29, 1.82) is 0 Å². The normalized spacial score (nSPS) is 69.0. The van der Waals surface area contributed by atoms with E-state index >= 15 is 0 Å². The highest BCUT2D eigenvalue weighted by Gasteiger charge is 2.86. The molecule has 2 unspecified atom stereocenters. The van der Waals surface area contributed by atoms with Crippen LogP contribution in [0.15, 0.2) is 0 Å². The molecule has 6 bridgehead atoms. The average molecular weight is 204 g/mol. The third kappa shape index (κ3) is 0.666. The zero-order valence-corrected chi connectivity index (χ0v) is 10.6. The minimum Gasteiger partial charge on any atom is -0.0625 e. The van der Waals surface area contributed by atoms with Crippen molar-refractivity contribution in [2.75, 3.05) is 0 Å². The Morgan fingerprint density at radius 2 is 1.87 bits per heavy atom. The molecule has 5 fully saturated rings. The van der Waals surface area contributed by atoms with Crippen molar-refractivity contribution in [1.82, 2.24) is 0 Å². The maximum atomic E-state index is 2.63. The van der Waals surface area contributed by atoms with Crippen LogP contribution in [-0.2, 0) is 0 Å². The third-order valence-electron chi connectivity index (χ3n) is 7.57. The first-order valence-electron chi connectivity index (χ1n) is 7.02. The van der Waals surface area contributed by atoms with Gasteiger partial charge in [-0.2, -0.15) is 0 Å². The summed E-state index contributed by atoms with van der Waals surface area (Å²) < 4.78 is 0. The third-order valence-corrected chi connectivity index (χ3v) is 7.57. The fourth-order valence-electron chi connectivity index (χ4n) is 6.72. The summed E-state index contributed by atoms with van der Waals surface area (Å²) in [5, 5.41) is 0. The van der Waals surface area contributed by atoms with E-state index < -0.39 is 0 Å². The Kier molecular flexibility index (Phi) is 1.31. The van der Waals surface area contributed by atoms with Gasteiger partial charge in [-0.3, -0.25) is 0 Å². The van der Waals surface area contributed by atoms with Gasteiger partial charge in [-0.15, -0.1) is 0 Å². The quantitative estimate of drug-likeness (QED) is 0.606. The molecule has 0 amide bonds. The molecule has 0 saturated heterocycles. The summed E-state index contributed by atoms with van der Waals surface area (Å²) in [6.45, 7) is 10.2. The van der Waals surface area contributed by atoms with Crippen molar-refractivity contribution < 1.29 is 0 Å². The summed E-state index contributed by atoms with van der Waals surface area (Å²) in [6, 6.07) is 0. The molecule has 0 heteroatoms. The highest BCUT2D eigenvalue weighted by molar-refractivity contribution is 5.33. The molecule has 15 heavy (non-hydrogen) atoms. The van der Waals surface area contributed by atoms with Gasteiger partial charge in [0.1, 0.15) is 0 Å². The molecular formula is C15H24. The number of rotatable bonds is 1. The van der Waals surface area contributed by atoms with E-state index in [4.69, 9.17) is 0 Å². The lowest BCUT2D eigenvalue weighted by Crippen LogP contribution is -2.37. The van der Waals surface area contributed by atoms with Gasteiger partial charge >= 0.3 is 0 Å². The first kappa shape index (κ1) is 9.07. The first-order chi connectivity index (χ1) is 7.02. The predicted molar refractivity (Wildman–Crippen MR) is 62.4 cm³/mol. The molecule has 0 aromatic rings. The van der Waals surface area contributed by atoms with Crippen molar-refractivity contribution in [2.45, 2.75) is 47.0 Å². The maximum Gasteiger partial charge on any atom is -0.0204 e. The fraction of sp³-hybridized carbons (Fsp3) is 1.00. The summed E-state index contributed by atoms with van der Waals surface area (Å²) >= 11 is 0. The van der Waals surface area contributed by atoms with Crippen LogP contribution in [0.5, 0.6) is 0 Å². The Morgan fingerprint density at radius 1 is 1.13 bits per heavy atom. The summed E-state index contributed by atoms with van der Waals surface area (Å²) in [5.41, 5.74) is 1.56. The van der Waals surface area contributed by atoms with Gasteiger partial charge in [0.2, 0.25) is 0 Å². The summed E-state index contributed by atoms with van der Waals surface area (Å²) in [7, 11) is 0. The molecule has 5 rings (SSSR count). The number of hydrogen-bond donors (Lipinski definition) is 0. The highest BCUT2D eigenvalue weighted by Crippen LogP contribution is 2.91. The Bertz CT molecular complexity index is 329. The predicted octanol–water partition coefficient (Wildman–Crippen LogP) is 3.96. The molecule has 5 aliphatic rings. The lowest BCUT2D eigenvalue weighted by molar-refractivity contribution is 0.0483. The minimum atomic E-state index is 0.762. The van der Waals surface area contributed by atoms with E-state index in [2.05, 4.69) is 27.7 Å².